The van der Waals surface area contributed by atoms with Crippen LogP contribution in [0.3, 0.4) is 0 Å². The van der Waals surface area contributed by atoms with Crippen LogP contribution in [0.2, 0.25) is 10.0 Å². The van der Waals surface area contributed by atoms with Crippen molar-refractivity contribution < 1.29 is 9.21 Å². The van der Waals surface area contributed by atoms with Gasteiger partial charge in [-0.2, -0.15) is 0 Å². The molecule has 2 aromatic carbocycles. The number of anilines is 2. The first kappa shape index (κ1) is 18.0. The van der Waals surface area contributed by atoms with Crippen LogP contribution in [-0.4, -0.2) is 19.0 Å². The van der Waals surface area contributed by atoms with E-state index in [4.69, 9.17) is 27.6 Å². The first-order chi connectivity index (χ1) is 13.1. The topological polar surface area (TPSA) is 45.5 Å². The van der Waals surface area contributed by atoms with Crippen LogP contribution in [0, 0.1) is 0 Å². The Balaban J connectivity index is 1.46. The zero-order valence-corrected chi connectivity index (χ0v) is 16.1. The molecule has 4 nitrogen and oxygen atoms in total. The molecule has 0 atom stereocenters. The highest BCUT2D eigenvalue weighted by atomic mass is 35.5. The predicted octanol–water partition coefficient (Wildman–Crippen LogP) is 6.11. The fraction of sp³-hybridized carbons (Fsp3) is 0.190. The predicted molar refractivity (Wildman–Crippen MR) is 110 cm³/mol. The smallest absolute Gasteiger partial charge is 0.291 e. The Morgan fingerprint density at radius 2 is 1.70 bits per heavy atom. The largest absolute Gasteiger partial charge is 0.451 e. The molecule has 27 heavy (non-hydrogen) atoms. The standard InChI is InChI=1S/C21H18Cl2N2O2/c22-14-3-8-17(18(23)13-14)19-9-10-20(27-19)21(26)24-15-4-6-16(7-5-15)25-11-1-2-12-25/h3-10,13H,1-2,11-12H2,(H,24,26). The van der Waals surface area contributed by atoms with Crippen molar-refractivity contribution in [1.29, 1.82) is 0 Å². The van der Waals surface area contributed by atoms with E-state index in [0.717, 1.165) is 18.8 Å². The van der Waals surface area contributed by atoms with Crippen molar-refractivity contribution in [3.63, 3.8) is 0 Å². The fourth-order valence-electron chi connectivity index (χ4n) is 3.22. The number of amides is 1. The molecular weight excluding hydrogens is 383 g/mol. The van der Waals surface area contributed by atoms with Gasteiger partial charge in [0.2, 0.25) is 0 Å². The lowest BCUT2D eigenvalue weighted by Gasteiger charge is -2.17. The number of rotatable bonds is 4. The summed E-state index contributed by atoms with van der Waals surface area (Å²) in [6, 6.07) is 16.4. The van der Waals surface area contributed by atoms with Gasteiger partial charge < -0.3 is 14.6 Å². The van der Waals surface area contributed by atoms with Gasteiger partial charge in [-0.25, -0.2) is 0 Å². The van der Waals surface area contributed by atoms with E-state index in [2.05, 4.69) is 10.2 Å². The first-order valence-corrected chi connectivity index (χ1v) is 9.57. The molecule has 1 aliphatic heterocycles. The summed E-state index contributed by atoms with van der Waals surface area (Å²) < 4.78 is 5.68. The fourth-order valence-corrected chi connectivity index (χ4v) is 3.72. The highest BCUT2D eigenvalue weighted by Crippen LogP contribution is 2.31. The van der Waals surface area contributed by atoms with Crippen molar-refractivity contribution in [3.05, 3.63) is 70.4 Å². The van der Waals surface area contributed by atoms with Crippen LogP contribution in [-0.2, 0) is 0 Å². The average Bonchev–Trinajstić information content (AvgIpc) is 3.34. The molecule has 1 N–H and O–H groups in total. The van der Waals surface area contributed by atoms with Gasteiger partial charge in [-0.3, -0.25) is 4.79 Å². The van der Waals surface area contributed by atoms with E-state index in [1.54, 1.807) is 30.3 Å². The number of carbonyl (C=O) groups is 1. The number of nitrogens with one attached hydrogen (secondary N) is 1. The molecule has 138 valence electrons. The number of hydrogen-bond acceptors (Lipinski definition) is 3. The Morgan fingerprint density at radius 1 is 0.963 bits per heavy atom. The molecular formula is C21H18Cl2N2O2. The van der Waals surface area contributed by atoms with Crippen molar-refractivity contribution in [3.8, 4) is 11.3 Å². The Hall–Kier alpha value is -2.43. The van der Waals surface area contributed by atoms with Crippen LogP contribution in [0.1, 0.15) is 23.4 Å². The van der Waals surface area contributed by atoms with E-state index in [9.17, 15) is 4.79 Å². The van der Waals surface area contributed by atoms with Gasteiger partial charge >= 0.3 is 0 Å². The lowest BCUT2D eigenvalue weighted by molar-refractivity contribution is 0.0997. The molecule has 0 spiro atoms. The third-order valence-electron chi connectivity index (χ3n) is 4.62. The number of hydrogen-bond donors (Lipinski definition) is 1. The highest BCUT2D eigenvalue weighted by molar-refractivity contribution is 6.36. The van der Waals surface area contributed by atoms with E-state index in [0.29, 0.717) is 21.4 Å². The second kappa shape index (κ2) is 7.67. The summed E-state index contributed by atoms with van der Waals surface area (Å²) in [5.74, 6) is 0.436. The maximum absolute atomic E-state index is 12.5. The second-order valence-corrected chi connectivity index (χ2v) is 7.33. The van der Waals surface area contributed by atoms with Gasteiger partial charge in [0.1, 0.15) is 5.76 Å². The minimum absolute atomic E-state index is 0.222. The highest BCUT2D eigenvalue weighted by Gasteiger charge is 2.15. The third-order valence-corrected chi connectivity index (χ3v) is 5.17. The zero-order valence-electron chi connectivity index (χ0n) is 14.5. The van der Waals surface area contributed by atoms with Crippen molar-refractivity contribution in [2.45, 2.75) is 12.8 Å². The number of nitrogens with zero attached hydrogens (tertiary/aromatic N) is 1. The van der Waals surface area contributed by atoms with Crippen LogP contribution < -0.4 is 10.2 Å². The SMILES string of the molecule is O=C(Nc1ccc(N2CCCC2)cc1)c1ccc(-c2ccc(Cl)cc2Cl)o1. The molecule has 0 saturated carbocycles. The number of furan rings is 1. The first-order valence-electron chi connectivity index (χ1n) is 8.82. The van der Waals surface area contributed by atoms with Gasteiger partial charge in [0.15, 0.2) is 5.76 Å². The zero-order chi connectivity index (χ0) is 18.8. The van der Waals surface area contributed by atoms with Gasteiger partial charge in [-0.1, -0.05) is 23.2 Å². The molecule has 1 saturated heterocycles. The average molecular weight is 401 g/mol. The lowest BCUT2D eigenvalue weighted by Crippen LogP contribution is -2.17. The summed E-state index contributed by atoms with van der Waals surface area (Å²) in [4.78, 5) is 14.8. The molecule has 4 rings (SSSR count). The van der Waals surface area contributed by atoms with E-state index >= 15 is 0 Å². The summed E-state index contributed by atoms with van der Waals surface area (Å²) in [5, 5.41) is 3.88. The minimum atomic E-state index is -0.305. The summed E-state index contributed by atoms with van der Waals surface area (Å²) in [6.07, 6.45) is 2.47. The quantitative estimate of drug-likeness (QED) is 0.574. The van der Waals surface area contributed by atoms with Crippen molar-refractivity contribution >= 4 is 40.5 Å². The monoisotopic (exact) mass is 400 g/mol. The van der Waals surface area contributed by atoms with Crippen LogP contribution >= 0.6 is 23.2 Å². The van der Waals surface area contributed by atoms with Crippen molar-refractivity contribution in [1.82, 2.24) is 0 Å². The van der Waals surface area contributed by atoms with Crippen LogP contribution in [0.5, 0.6) is 0 Å². The van der Waals surface area contributed by atoms with Gasteiger partial charge in [0.25, 0.3) is 5.91 Å². The molecule has 0 unspecified atom stereocenters. The summed E-state index contributed by atoms with van der Waals surface area (Å²) in [6.45, 7) is 2.18. The summed E-state index contributed by atoms with van der Waals surface area (Å²) >= 11 is 12.1. The minimum Gasteiger partial charge on any atom is -0.451 e. The van der Waals surface area contributed by atoms with E-state index < -0.39 is 0 Å². The second-order valence-electron chi connectivity index (χ2n) is 6.48. The third kappa shape index (κ3) is 3.97. The van der Waals surface area contributed by atoms with Crippen LogP contribution in [0.15, 0.2) is 59.0 Å². The van der Waals surface area contributed by atoms with E-state index in [1.165, 1.54) is 18.5 Å². The Bertz CT molecular complexity index is 961. The molecule has 1 amide bonds. The van der Waals surface area contributed by atoms with Crippen molar-refractivity contribution in [2.75, 3.05) is 23.3 Å². The van der Waals surface area contributed by atoms with Gasteiger partial charge in [-0.15, -0.1) is 0 Å². The number of benzene rings is 2. The lowest BCUT2D eigenvalue weighted by atomic mass is 10.2. The summed E-state index contributed by atoms with van der Waals surface area (Å²) in [7, 11) is 0. The van der Waals surface area contributed by atoms with Gasteiger partial charge in [-0.05, 0) is 67.4 Å². The van der Waals surface area contributed by atoms with Crippen molar-refractivity contribution in [2.24, 2.45) is 0 Å². The normalized spacial score (nSPS) is 13.8. The molecule has 0 radical (unpaired) electrons. The molecule has 1 aliphatic rings. The molecule has 0 aliphatic carbocycles. The van der Waals surface area contributed by atoms with E-state index in [1.807, 2.05) is 24.3 Å². The molecule has 1 fully saturated rings. The molecule has 1 aromatic heterocycles. The summed E-state index contributed by atoms with van der Waals surface area (Å²) in [5.41, 5.74) is 2.60. The Morgan fingerprint density at radius 3 is 2.41 bits per heavy atom. The molecule has 2 heterocycles. The maximum Gasteiger partial charge on any atom is 0.291 e. The Labute approximate surface area is 167 Å². The number of carbonyl (C=O) groups excluding carboxylic acids is 1. The number of halogens is 2. The molecule has 6 heteroatoms. The van der Waals surface area contributed by atoms with Crippen LogP contribution in [0.4, 0.5) is 11.4 Å². The van der Waals surface area contributed by atoms with Gasteiger partial charge in [0.05, 0.1) is 5.02 Å². The maximum atomic E-state index is 12.5. The molecule has 0 bridgehead atoms. The molecule has 3 aromatic rings. The van der Waals surface area contributed by atoms with Gasteiger partial charge in [0, 0.05) is 35.1 Å². The van der Waals surface area contributed by atoms with E-state index in [-0.39, 0.29) is 11.7 Å². The Kier molecular flexibility index (Phi) is 5.10. The van der Waals surface area contributed by atoms with Crippen LogP contribution in [0.25, 0.3) is 11.3 Å².